The minimum absolute atomic E-state index is 0.111. The van der Waals surface area contributed by atoms with Gasteiger partial charge >= 0.3 is 0 Å². The normalized spacial score (nSPS) is 12.1. The fourth-order valence-electron chi connectivity index (χ4n) is 3.47. The van der Waals surface area contributed by atoms with Gasteiger partial charge in [-0.15, -0.1) is 0 Å². The molecule has 2 aromatic rings. The first-order valence-corrected chi connectivity index (χ1v) is 13.1. The molecule has 192 valence electrons. The van der Waals surface area contributed by atoms with E-state index in [4.69, 9.17) is 9.47 Å². The van der Waals surface area contributed by atoms with Crippen LogP contribution in [0.2, 0.25) is 0 Å². The van der Waals surface area contributed by atoms with Crippen molar-refractivity contribution in [3.63, 3.8) is 0 Å². The third kappa shape index (κ3) is 7.61. The smallest absolute Gasteiger partial charge is 0.244 e. The summed E-state index contributed by atoms with van der Waals surface area (Å²) in [6.07, 6.45) is 1.02. The van der Waals surface area contributed by atoms with E-state index in [9.17, 15) is 18.0 Å². The predicted octanol–water partition coefficient (Wildman–Crippen LogP) is 2.72. The number of benzene rings is 2. The molecule has 0 fully saturated rings. The Morgan fingerprint density at radius 3 is 2.09 bits per heavy atom. The number of aryl methyl sites for hydroxylation is 1. The molecule has 2 rings (SSSR count). The van der Waals surface area contributed by atoms with E-state index in [1.54, 1.807) is 13.0 Å². The maximum absolute atomic E-state index is 13.5. The number of hydrogen-bond acceptors (Lipinski definition) is 6. The highest BCUT2D eigenvalue weighted by atomic mass is 32.2. The van der Waals surface area contributed by atoms with E-state index >= 15 is 0 Å². The summed E-state index contributed by atoms with van der Waals surface area (Å²) in [5.74, 6) is -0.0852. The van der Waals surface area contributed by atoms with Crippen LogP contribution in [0.5, 0.6) is 11.5 Å². The van der Waals surface area contributed by atoms with Crippen molar-refractivity contribution in [3.8, 4) is 11.5 Å². The summed E-state index contributed by atoms with van der Waals surface area (Å²) >= 11 is 0. The minimum atomic E-state index is -3.85. The number of rotatable bonds is 11. The van der Waals surface area contributed by atoms with Gasteiger partial charge in [-0.3, -0.25) is 13.9 Å². The summed E-state index contributed by atoms with van der Waals surface area (Å²) < 4.78 is 36.9. The van der Waals surface area contributed by atoms with Crippen molar-refractivity contribution in [3.05, 3.63) is 53.6 Å². The van der Waals surface area contributed by atoms with Crippen molar-refractivity contribution in [2.75, 3.05) is 31.3 Å². The van der Waals surface area contributed by atoms with E-state index in [-0.39, 0.29) is 24.2 Å². The maximum Gasteiger partial charge on any atom is 0.244 e. The molecule has 0 bridgehead atoms. The third-order valence-electron chi connectivity index (χ3n) is 5.41. The molecule has 2 aromatic carbocycles. The van der Waals surface area contributed by atoms with Gasteiger partial charge in [0.1, 0.15) is 12.6 Å². The van der Waals surface area contributed by atoms with Crippen LogP contribution in [0.4, 0.5) is 5.69 Å². The summed E-state index contributed by atoms with van der Waals surface area (Å²) in [4.78, 5) is 27.7. The van der Waals surface area contributed by atoms with Gasteiger partial charge in [-0.05, 0) is 45.4 Å². The second-order valence-corrected chi connectivity index (χ2v) is 10.6. The van der Waals surface area contributed by atoms with Gasteiger partial charge in [-0.1, -0.05) is 29.8 Å². The number of carbonyl (C=O) groups excluding carboxylic acids is 2. The Hall–Kier alpha value is -3.27. The monoisotopic (exact) mass is 505 g/mol. The van der Waals surface area contributed by atoms with Gasteiger partial charge in [0.2, 0.25) is 21.8 Å². The van der Waals surface area contributed by atoms with Crippen LogP contribution >= 0.6 is 0 Å². The first-order valence-electron chi connectivity index (χ1n) is 11.2. The molecule has 9 nitrogen and oxygen atoms in total. The van der Waals surface area contributed by atoms with Gasteiger partial charge in [0, 0.05) is 18.7 Å². The van der Waals surface area contributed by atoms with Gasteiger partial charge in [-0.25, -0.2) is 8.42 Å². The van der Waals surface area contributed by atoms with E-state index in [0.717, 1.165) is 21.7 Å². The average molecular weight is 506 g/mol. The molecule has 0 aliphatic carbocycles. The van der Waals surface area contributed by atoms with Crippen LogP contribution in [0.25, 0.3) is 0 Å². The van der Waals surface area contributed by atoms with Gasteiger partial charge in [0.25, 0.3) is 0 Å². The first kappa shape index (κ1) is 28.0. The Labute approximate surface area is 208 Å². The van der Waals surface area contributed by atoms with Crippen LogP contribution in [0, 0.1) is 6.92 Å². The van der Waals surface area contributed by atoms with Crippen molar-refractivity contribution in [2.45, 2.75) is 46.3 Å². The molecular formula is C25H35N3O6S. The Bertz CT molecular complexity index is 1130. The highest BCUT2D eigenvalue weighted by molar-refractivity contribution is 7.92. The summed E-state index contributed by atoms with van der Waals surface area (Å²) in [6.45, 7) is 6.91. The molecule has 0 saturated heterocycles. The fraction of sp³-hybridized carbons (Fsp3) is 0.440. The second-order valence-electron chi connectivity index (χ2n) is 8.66. The quantitative estimate of drug-likeness (QED) is 0.504. The summed E-state index contributed by atoms with van der Waals surface area (Å²) in [7, 11) is -0.931. The first-order chi connectivity index (χ1) is 16.4. The van der Waals surface area contributed by atoms with Gasteiger partial charge < -0.3 is 19.7 Å². The fourth-order valence-corrected chi connectivity index (χ4v) is 4.31. The topological polar surface area (TPSA) is 105 Å². The number of hydrogen-bond donors (Lipinski definition) is 1. The molecule has 0 spiro atoms. The molecule has 0 unspecified atom stereocenters. The Morgan fingerprint density at radius 2 is 1.57 bits per heavy atom. The lowest BCUT2D eigenvalue weighted by atomic mass is 10.1. The van der Waals surface area contributed by atoms with Crippen molar-refractivity contribution in [1.29, 1.82) is 0 Å². The van der Waals surface area contributed by atoms with E-state index < -0.39 is 28.5 Å². The molecule has 0 aromatic heterocycles. The molecule has 10 heteroatoms. The number of nitrogens with one attached hydrogen (secondary N) is 1. The van der Waals surface area contributed by atoms with Crippen LogP contribution in [0.3, 0.4) is 0 Å². The van der Waals surface area contributed by atoms with Gasteiger partial charge in [-0.2, -0.15) is 0 Å². The largest absolute Gasteiger partial charge is 0.493 e. The summed E-state index contributed by atoms with van der Waals surface area (Å²) in [5, 5.41) is 2.82. The highest BCUT2D eigenvalue weighted by Crippen LogP contribution is 2.32. The lowest BCUT2D eigenvalue weighted by Crippen LogP contribution is -2.52. The zero-order valence-electron chi connectivity index (χ0n) is 21.4. The second kappa shape index (κ2) is 11.9. The molecule has 0 aliphatic heterocycles. The lowest BCUT2D eigenvalue weighted by Gasteiger charge is -2.32. The molecule has 35 heavy (non-hydrogen) atoms. The van der Waals surface area contributed by atoms with Crippen LogP contribution in [-0.4, -0.2) is 64.2 Å². The number of carbonyl (C=O) groups is 2. The molecule has 2 amide bonds. The molecule has 0 heterocycles. The van der Waals surface area contributed by atoms with Crippen molar-refractivity contribution in [2.24, 2.45) is 0 Å². The minimum Gasteiger partial charge on any atom is -0.493 e. The number of amides is 2. The Morgan fingerprint density at radius 1 is 0.971 bits per heavy atom. The average Bonchev–Trinajstić information content (AvgIpc) is 2.79. The highest BCUT2D eigenvalue weighted by Gasteiger charge is 2.30. The number of nitrogens with zero attached hydrogens (tertiary/aromatic N) is 2. The van der Waals surface area contributed by atoms with E-state index in [0.29, 0.717) is 11.5 Å². The Kier molecular flexibility index (Phi) is 9.53. The number of ether oxygens (including phenoxy) is 2. The van der Waals surface area contributed by atoms with Gasteiger partial charge in [0.05, 0.1) is 26.2 Å². The maximum atomic E-state index is 13.5. The zero-order chi connectivity index (χ0) is 26.3. The predicted molar refractivity (Wildman–Crippen MR) is 136 cm³/mol. The van der Waals surface area contributed by atoms with Crippen molar-refractivity contribution in [1.82, 2.24) is 10.2 Å². The standard InChI is InChI=1S/C25H35N3O6S/c1-17(2)26-25(30)19(4)27(15-20-10-8-18(3)9-11-20)24(29)16-28(35(7,31)32)21-12-13-22(33-5)23(14-21)34-6/h8-14,17,19H,15-16H2,1-7H3,(H,26,30)/t19-/m0/s1. The Balaban J connectivity index is 2.43. The van der Waals surface area contributed by atoms with Crippen LogP contribution in [0.15, 0.2) is 42.5 Å². The number of sulfonamides is 1. The van der Waals surface area contributed by atoms with Crippen molar-refractivity contribution >= 4 is 27.5 Å². The van der Waals surface area contributed by atoms with Crippen LogP contribution < -0.4 is 19.1 Å². The number of anilines is 1. The molecule has 0 aliphatic rings. The van der Waals surface area contributed by atoms with Crippen LogP contribution in [-0.2, 0) is 26.2 Å². The van der Waals surface area contributed by atoms with E-state index in [1.807, 2.05) is 45.0 Å². The third-order valence-corrected chi connectivity index (χ3v) is 6.55. The lowest BCUT2D eigenvalue weighted by molar-refractivity contribution is -0.139. The molecule has 1 N–H and O–H groups in total. The zero-order valence-corrected chi connectivity index (χ0v) is 22.2. The van der Waals surface area contributed by atoms with E-state index in [2.05, 4.69) is 5.32 Å². The van der Waals surface area contributed by atoms with Gasteiger partial charge in [0.15, 0.2) is 11.5 Å². The number of methoxy groups -OCH3 is 2. The van der Waals surface area contributed by atoms with Crippen LogP contribution in [0.1, 0.15) is 31.9 Å². The molecule has 0 radical (unpaired) electrons. The summed E-state index contributed by atoms with van der Waals surface area (Å²) in [6, 6.07) is 11.3. The molecule has 0 saturated carbocycles. The SMILES string of the molecule is COc1ccc(N(CC(=O)N(Cc2ccc(C)cc2)[C@@H](C)C(=O)NC(C)C)S(C)(=O)=O)cc1OC. The molecule has 1 atom stereocenters. The summed E-state index contributed by atoms with van der Waals surface area (Å²) in [5.41, 5.74) is 2.13. The van der Waals surface area contributed by atoms with E-state index in [1.165, 1.54) is 31.3 Å². The molecular weight excluding hydrogens is 470 g/mol. The van der Waals surface area contributed by atoms with Crippen molar-refractivity contribution < 1.29 is 27.5 Å².